The minimum atomic E-state index is -0.310. The Bertz CT molecular complexity index is 1160. The van der Waals surface area contributed by atoms with Crippen LogP contribution < -0.4 is 21.1 Å². The van der Waals surface area contributed by atoms with E-state index in [1.54, 1.807) is 17.0 Å². The van der Waals surface area contributed by atoms with E-state index in [0.717, 1.165) is 30.0 Å². The molecule has 1 aliphatic rings. The molecule has 3 aromatic rings. The molecule has 0 saturated carbocycles. The standard InChI is InChI=1S/C23H31N7O2/c1-13(2)30-21-18(16(5)19(12-31)22(30)32)9-25-23(28-21)27-17-6-7-20(24-8-17)29-10-14(3)26-15(4)11-29/h6-9,13-15,26,31H,10-12H2,1-5H3,(H,25,27,28). The molecule has 1 fully saturated rings. The van der Waals surface area contributed by atoms with Crippen LogP contribution in [0.4, 0.5) is 17.5 Å². The van der Waals surface area contributed by atoms with E-state index in [1.807, 2.05) is 32.9 Å². The first-order valence-electron chi connectivity index (χ1n) is 11.0. The Hall–Kier alpha value is -3.04. The van der Waals surface area contributed by atoms with E-state index < -0.39 is 0 Å². The number of nitrogens with zero attached hydrogens (tertiary/aromatic N) is 5. The van der Waals surface area contributed by atoms with Crippen molar-refractivity contribution in [3.8, 4) is 0 Å². The highest BCUT2D eigenvalue weighted by molar-refractivity contribution is 5.80. The number of piperazine rings is 1. The number of aliphatic hydroxyl groups is 1. The Morgan fingerprint density at radius 1 is 1.19 bits per heavy atom. The lowest BCUT2D eigenvalue weighted by Crippen LogP contribution is -2.54. The second kappa shape index (κ2) is 8.84. The fourth-order valence-electron chi connectivity index (χ4n) is 4.40. The number of aryl methyl sites for hydroxylation is 1. The molecule has 0 aliphatic carbocycles. The van der Waals surface area contributed by atoms with Gasteiger partial charge in [-0.2, -0.15) is 4.98 Å². The molecule has 9 heteroatoms. The molecule has 9 nitrogen and oxygen atoms in total. The van der Waals surface area contributed by atoms with E-state index in [0.29, 0.717) is 34.8 Å². The number of aromatic nitrogens is 4. The van der Waals surface area contributed by atoms with E-state index >= 15 is 0 Å². The number of nitrogens with one attached hydrogen (secondary N) is 2. The summed E-state index contributed by atoms with van der Waals surface area (Å²) < 4.78 is 1.61. The smallest absolute Gasteiger partial charge is 0.258 e. The third-order valence-electron chi connectivity index (χ3n) is 5.89. The predicted molar refractivity (Wildman–Crippen MR) is 127 cm³/mol. The Labute approximate surface area is 187 Å². The van der Waals surface area contributed by atoms with Gasteiger partial charge in [-0.15, -0.1) is 0 Å². The monoisotopic (exact) mass is 437 g/mol. The topological polar surface area (TPSA) is 108 Å². The van der Waals surface area contributed by atoms with Crippen molar-refractivity contribution < 1.29 is 5.11 Å². The van der Waals surface area contributed by atoms with Crippen LogP contribution >= 0.6 is 0 Å². The van der Waals surface area contributed by atoms with E-state index in [4.69, 9.17) is 0 Å². The third-order valence-corrected chi connectivity index (χ3v) is 5.89. The number of fused-ring (bicyclic) bond motifs is 1. The highest BCUT2D eigenvalue weighted by Crippen LogP contribution is 2.23. The SMILES string of the molecule is Cc1c(CO)c(=O)n(C(C)C)c2nc(Nc3ccc(N4CC(C)NC(C)C4)nc3)ncc12. The molecule has 0 aromatic carbocycles. The van der Waals surface area contributed by atoms with E-state index in [9.17, 15) is 9.90 Å². The van der Waals surface area contributed by atoms with E-state index in [-0.39, 0.29) is 18.2 Å². The number of hydrogen-bond donors (Lipinski definition) is 3. The van der Waals surface area contributed by atoms with Crippen LogP contribution in [0.15, 0.2) is 29.3 Å². The van der Waals surface area contributed by atoms with Gasteiger partial charge >= 0.3 is 0 Å². The number of aliphatic hydroxyl groups excluding tert-OH is 1. The molecule has 1 aliphatic heterocycles. The molecular weight excluding hydrogens is 406 g/mol. The first-order chi connectivity index (χ1) is 15.3. The number of anilines is 3. The van der Waals surface area contributed by atoms with Crippen LogP contribution in [0.3, 0.4) is 0 Å². The Balaban J connectivity index is 1.63. The van der Waals surface area contributed by atoms with Gasteiger partial charge in [0.25, 0.3) is 5.56 Å². The number of pyridine rings is 2. The van der Waals surface area contributed by atoms with E-state index in [2.05, 4.69) is 44.3 Å². The fraction of sp³-hybridized carbons (Fsp3) is 0.478. The first-order valence-corrected chi connectivity index (χ1v) is 11.0. The summed E-state index contributed by atoms with van der Waals surface area (Å²) in [6.45, 7) is 11.5. The summed E-state index contributed by atoms with van der Waals surface area (Å²) >= 11 is 0. The lowest BCUT2D eigenvalue weighted by molar-refractivity contribution is 0.278. The first kappa shape index (κ1) is 22.2. The lowest BCUT2D eigenvalue weighted by Gasteiger charge is -2.36. The molecule has 3 aromatic heterocycles. The van der Waals surface area contributed by atoms with Crippen LogP contribution in [0.25, 0.3) is 11.0 Å². The second-order valence-electron chi connectivity index (χ2n) is 8.87. The van der Waals surface area contributed by atoms with Gasteiger partial charge in [0.05, 0.1) is 18.5 Å². The molecule has 0 amide bonds. The Morgan fingerprint density at radius 2 is 1.91 bits per heavy atom. The largest absolute Gasteiger partial charge is 0.391 e. The molecular formula is C23H31N7O2. The van der Waals surface area contributed by atoms with Gasteiger partial charge < -0.3 is 20.6 Å². The second-order valence-corrected chi connectivity index (χ2v) is 8.87. The summed E-state index contributed by atoms with van der Waals surface area (Å²) in [6, 6.07) is 4.68. The highest BCUT2D eigenvalue weighted by atomic mass is 16.3. The van der Waals surface area contributed by atoms with Crippen LogP contribution in [-0.4, -0.2) is 49.8 Å². The summed E-state index contributed by atoms with van der Waals surface area (Å²) in [5.74, 6) is 1.33. The van der Waals surface area contributed by atoms with E-state index in [1.165, 1.54) is 0 Å². The third kappa shape index (κ3) is 4.18. The average Bonchev–Trinajstić information content (AvgIpc) is 2.73. The molecule has 2 atom stereocenters. The Morgan fingerprint density at radius 3 is 2.50 bits per heavy atom. The van der Waals surface area contributed by atoms with Crippen LogP contribution in [0.2, 0.25) is 0 Å². The van der Waals surface area contributed by atoms with Crippen molar-refractivity contribution >= 4 is 28.5 Å². The summed E-state index contributed by atoms with van der Waals surface area (Å²) in [4.78, 5) is 28.9. The van der Waals surface area contributed by atoms with Crippen LogP contribution in [0.5, 0.6) is 0 Å². The zero-order valence-electron chi connectivity index (χ0n) is 19.3. The van der Waals surface area contributed by atoms with Crippen molar-refractivity contribution in [1.82, 2.24) is 24.8 Å². The molecule has 3 N–H and O–H groups in total. The van der Waals surface area contributed by atoms with Crippen molar-refractivity contribution in [1.29, 1.82) is 0 Å². The predicted octanol–water partition coefficient (Wildman–Crippen LogP) is 2.50. The minimum absolute atomic E-state index is 0.108. The average molecular weight is 438 g/mol. The van der Waals surface area contributed by atoms with Crippen molar-refractivity contribution in [3.05, 3.63) is 46.0 Å². The summed E-state index contributed by atoms with van der Waals surface area (Å²) in [6.07, 6.45) is 3.47. The van der Waals surface area contributed by atoms with Crippen LogP contribution in [0, 0.1) is 6.92 Å². The summed E-state index contributed by atoms with van der Waals surface area (Å²) in [5.41, 5.74) is 2.19. The molecule has 4 heterocycles. The van der Waals surface area contributed by atoms with Gasteiger partial charge in [0.2, 0.25) is 5.95 Å². The van der Waals surface area contributed by atoms with Crippen molar-refractivity contribution in [2.24, 2.45) is 0 Å². The molecule has 170 valence electrons. The van der Waals surface area contributed by atoms with Gasteiger partial charge in [-0.3, -0.25) is 9.36 Å². The minimum Gasteiger partial charge on any atom is -0.391 e. The quantitative estimate of drug-likeness (QED) is 0.559. The zero-order chi connectivity index (χ0) is 23.0. The zero-order valence-corrected chi connectivity index (χ0v) is 19.3. The van der Waals surface area contributed by atoms with Gasteiger partial charge in [-0.25, -0.2) is 9.97 Å². The molecule has 4 rings (SSSR count). The maximum absolute atomic E-state index is 12.9. The van der Waals surface area contributed by atoms with Gasteiger partial charge in [0.15, 0.2) is 0 Å². The molecule has 0 bridgehead atoms. The maximum atomic E-state index is 12.9. The summed E-state index contributed by atoms with van der Waals surface area (Å²) in [7, 11) is 0. The molecule has 2 unspecified atom stereocenters. The van der Waals surface area contributed by atoms with Crippen molar-refractivity contribution in [3.63, 3.8) is 0 Å². The van der Waals surface area contributed by atoms with Gasteiger partial charge in [-0.05, 0) is 52.3 Å². The molecule has 1 saturated heterocycles. The van der Waals surface area contributed by atoms with Gasteiger partial charge in [0, 0.05) is 48.4 Å². The Kier molecular flexibility index (Phi) is 6.12. The summed E-state index contributed by atoms with van der Waals surface area (Å²) in [5, 5.41) is 17.2. The van der Waals surface area contributed by atoms with Gasteiger partial charge in [0.1, 0.15) is 11.5 Å². The molecule has 0 radical (unpaired) electrons. The van der Waals surface area contributed by atoms with Crippen LogP contribution in [-0.2, 0) is 6.61 Å². The van der Waals surface area contributed by atoms with Crippen molar-refractivity contribution in [2.45, 2.75) is 59.4 Å². The van der Waals surface area contributed by atoms with Crippen LogP contribution in [0.1, 0.15) is 44.9 Å². The maximum Gasteiger partial charge on any atom is 0.258 e. The normalized spacial score (nSPS) is 19.0. The molecule has 32 heavy (non-hydrogen) atoms. The number of hydrogen-bond acceptors (Lipinski definition) is 8. The highest BCUT2D eigenvalue weighted by Gasteiger charge is 2.22. The van der Waals surface area contributed by atoms with Gasteiger partial charge in [-0.1, -0.05) is 0 Å². The number of rotatable bonds is 5. The fourth-order valence-corrected chi connectivity index (χ4v) is 4.40. The molecule has 0 spiro atoms. The lowest BCUT2D eigenvalue weighted by atomic mass is 10.1. The van der Waals surface area contributed by atoms with Crippen molar-refractivity contribution in [2.75, 3.05) is 23.3 Å².